The highest BCUT2D eigenvalue weighted by molar-refractivity contribution is 5.83. The van der Waals surface area contributed by atoms with Crippen molar-refractivity contribution in [1.82, 2.24) is 15.3 Å². The van der Waals surface area contributed by atoms with Gasteiger partial charge in [0.25, 0.3) is 0 Å². The van der Waals surface area contributed by atoms with E-state index in [2.05, 4.69) is 15.3 Å². The van der Waals surface area contributed by atoms with Crippen LogP contribution in [0.15, 0.2) is 42.5 Å². The molecule has 5 heteroatoms. The van der Waals surface area contributed by atoms with Crippen molar-refractivity contribution in [2.45, 2.75) is 26.3 Å². The number of carbonyl (C=O) groups is 1. The van der Waals surface area contributed by atoms with Crippen LogP contribution in [0.2, 0.25) is 0 Å². The van der Waals surface area contributed by atoms with Gasteiger partial charge in [-0.2, -0.15) is 0 Å². The van der Waals surface area contributed by atoms with Gasteiger partial charge in [0.05, 0.1) is 17.0 Å². The second-order valence-corrected chi connectivity index (χ2v) is 5.70. The zero-order valence-electron chi connectivity index (χ0n) is 13.1. The van der Waals surface area contributed by atoms with Gasteiger partial charge in [-0.25, -0.2) is 4.98 Å². The highest BCUT2D eigenvalue weighted by Crippen LogP contribution is 2.19. The molecule has 0 radical (unpaired) electrons. The van der Waals surface area contributed by atoms with Crippen molar-refractivity contribution in [1.29, 1.82) is 0 Å². The minimum atomic E-state index is -0.270. The number of hydrogen-bond donors (Lipinski definition) is 3. The Labute approximate surface area is 134 Å². The Morgan fingerprint density at radius 3 is 2.74 bits per heavy atom. The van der Waals surface area contributed by atoms with Crippen molar-refractivity contribution in [2.24, 2.45) is 0 Å². The van der Waals surface area contributed by atoms with Gasteiger partial charge in [-0.1, -0.05) is 18.2 Å². The summed E-state index contributed by atoms with van der Waals surface area (Å²) in [5.41, 5.74) is 3.79. The number of phenolic OH excluding ortho intramolecular Hbond substituents is 1. The molecule has 0 bridgehead atoms. The number of phenols is 1. The molecule has 23 heavy (non-hydrogen) atoms. The van der Waals surface area contributed by atoms with E-state index in [0.717, 1.165) is 28.0 Å². The molecule has 0 aliphatic carbocycles. The molecular formula is C18H19N3O2. The molecule has 3 aromatic rings. The lowest BCUT2D eigenvalue weighted by Gasteiger charge is -2.12. The number of amides is 1. The standard InChI is InChI=1S/C18H19N3O2/c1-11(14-4-6-15(22)7-5-14)18(23)19-10-13-3-8-16-17(9-13)21-12(2)20-16/h3-9,11,22H,10H2,1-2H3,(H,19,23)(H,20,21)/t11-/m1/s1. The third-order valence-electron chi connectivity index (χ3n) is 3.92. The third kappa shape index (κ3) is 3.34. The van der Waals surface area contributed by atoms with Gasteiger partial charge in [-0.15, -0.1) is 0 Å². The predicted molar refractivity (Wildman–Crippen MR) is 89.2 cm³/mol. The highest BCUT2D eigenvalue weighted by Gasteiger charge is 2.14. The number of hydrogen-bond acceptors (Lipinski definition) is 3. The lowest BCUT2D eigenvalue weighted by molar-refractivity contribution is -0.122. The summed E-state index contributed by atoms with van der Waals surface area (Å²) >= 11 is 0. The third-order valence-corrected chi connectivity index (χ3v) is 3.92. The van der Waals surface area contributed by atoms with Crippen LogP contribution >= 0.6 is 0 Å². The van der Waals surface area contributed by atoms with E-state index in [0.29, 0.717) is 6.54 Å². The molecule has 1 atom stereocenters. The summed E-state index contributed by atoms with van der Waals surface area (Å²) in [4.78, 5) is 19.8. The lowest BCUT2D eigenvalue weighted by atomic mass is 10.0. The monoisotopic (exact) mass is 309 g/mol. The molecule has 0 aliphatic heterocycles. The van der Waals surface area contributed by atoms with Crippen LogP contribution in [-0.4, -0.2) is 21.0 Å². The largest absolute Gasteiger partial charge is 0.508 e. The van der Waals surface area contributed by atoms with E-state index in [1.54, 1.807) is 24.3 Å². The van der Waals surface area contributed by atoms with Crippen LogP contribution in [0.5, 0.6) is 5.75 Å². The number of carbonyl (C=O) groups excluding carboxylic acids is 1. The molecule has 0 aliphatic rings. The lowest BCUT2D eigenvalue weighted by Crippen LogP contribution is -2.27. The molecule has 1 aromatic heterocycles. The number of aromatic amines is 1. The number of H-pyrrole nitrogens is 1. The van der Waals surface area contributed by atoms with E-state index in [-0.39, 0.29) is 17.6 Å². The van der Waals surface area contributed by atoms with Crippen LogP contribution < -0.4 is 5.32 Å². The molecule has 0 saturated heterocycles. The van der Waals surface area contributed by atoms with E-state index in [1.165, 1.54) is 0 Å². The van der Waals surface area contributed by atoms with Gasteiger partial charge in [-0.05, 0) is 49.2 Å². The first-order valence-electron chi connectivity index (χ1n) is 7.55. The van der Waals surface area contributed by atoms with Crippen molar-refractivity contribution in [3.05, 3.63) is 59.4 Å². The summed E-state index contributed by atoms with van der Waals surface area (Å²) in [5.74, 6) is 0.761. The van der Waals surface area contributed by atoms with Crippen molar-refractivity contribution in [3.63, 3.8) is 0 Å². The fraction of sp³-hybridized carbons (Fsp3) is 0.222. The number of imidazole rings is 1. The molecule has 118 valence electrons. The highest BCUT2D eigenvalue weighted by atomic mass is 16.3. The Bertz CT molecular complexity index is 837. The molecule has 0 spiro atoms. The Morgan fingerprint density at radius 2 is 2.00 bits per heavy atom. The van der Waals surface area contributed by atoms with Gasteiger partial charge in [0.15, 0.2) is 0 Å². The topological polar surface area (TPSA) is 78.0 Å². The minimum absolute atomic E-state index is 0.0448. The molecule has 0 saturated carbocycles. The first kappa shape index (κ1) is 15.1. The summed E-state index contributed by atoms with van der Waals surface area (Å²) in [6, 6.07) is 12.6. The first-order chi connectivity index (χ1) is 11.0. The fourth-order valence-electron chi connectivity index (χ4n) is 2.55. The van der Waals surface area contributed by atoms with Crippen LogP contribution in [0.1, 0.15) is 29.8 Å². The average molecular weight is 309 g/mol. The summed E-state index contributed by atoms with van der Waals surface area (Å²) in [6.07, 6.45) is 0. The zero-order valence-corrected chi connectivity index (χ0v) is 13.1. The summed E-state index contributed by atoms with van der Waals surface area (Å²) in [7, 11) is 0. The molecule has 3 rings (SSSR count). The molecule has 0 fully saturated rings. The summed E-state index contributed by atoms with van der Waals surface area (Å²) in [6.45, 7) is 4.24. The van der Waals surface area contributed by atoms with Gasteiger partial charge in [-0.3, -0.25) is 4.79 Å². The van der Waals surface area contributed by atoms with Crippen LogP contribution in [0.25, 0.3) is 11.0 Å². The number of aromatic nitrogens is 2. The smallest absolute Gasteiger partial charge is 0.227 e. The van der Waals surface area contributed by atoms with Gasteiger partial charge >= 0.3 is 0 Å². The first-order valence-corrected chi connectivity index (χ1v) is 7.55. The maximum atomic E-state index is 12.3. The number of fused-ring (bicyclic) bond motifs is 1. The number of nitrogens with one attached hydrogen (secondary N) is 2. The van der Waals surface area contributed by atoms with E-state index >= 15 is 0 Å². The molecule has 0 unspecified atom stereocenters. The molecule has 5 nitrogen and oxygen atoms in total. The van der Waals surface area contributed by atoms with Crippen LogP contribution in [0.4, 0.5) is 0 Å². The maximum Gasteiger partial charge on any atom is 0.227 e. The Kier molecular flexibility index (Phi) is 4.02. The van der Waals surface area contributed by atoms with Gasteiger partial charge in [0.1, 0.15) is 11.6 Å². The number of rotatable bonds is 4. The Morgan fingerprint density at radius 1 is 1.26 bits per heavy atom. The van der Waals surface area contributed by atoms with Crippen molar-refractivity contribution in [2.75, 3.05) is 0 Å². The molecular weight excluding hydrogens is 290 g/mol. The number of benzene rings is 2. The minimum Gasteiger partial charge on any atom is -0.508 e. The van der Waals surface area contributed by atoms with E-state index in [1.807, 2.05) is 32.0 Å². The van der Waals surface area contributed by atoms with Crippen molar-refractivity contribution in [3.8, 4) is 5.75 Å². The Balaban J connectivity index is 1.66. The average Bonchev–Trinajstić information content (AvgIpc) is 2.92. The fourth-order valence-corrected chi connectivity index (χ4v) is 2.55. The predicted octanol–water partition coefficient (Wildman–Crippen LogP) is 3.00. The quantitative estimate of drug-likeness (QED) is 0.693. The molecule has 1 heterocycles. The summed E-state index contributed by atoms with van der Waals surface area (Å²) in [5, 5.41) is 12.3. The van der Waals surface area contributed by atoms with E-state index in [4.69, 9.17) is 0 Å². The SMILES string of the molecule is Cc1nc2ccc(CNC(=O)[C@H](C)c3ccc(O)cc3)cc2[nH]1. The van der Waals surface area contributed by atoms with Crippen molar-refractivity contribution < 1.29 is 9.90 Å². The number of aryl methyl sites for hydroxylation is 1. The van der Waals surface area contributed by atoms with Gasteiger partial charge < -0.3 is 15.4 Å². The molecule has 3 N–H and O–H groups in total. The van der Waals surface area contributed by atoms with Crippen LogP contribution in [0, 0.1) is 6.92 Å². The number of nitrogens with zero attached hydrogens (tertiary/aromatic N) is 1. The van der Waals surface area contributed by atoms with Crippen LogP contribution in [0.3, 0.4) is 0 Å². The van der Waals surface area contributed by atoms with E-state index < -0.39 is 0 Å². The van der Waals surface area contributed by atoms with E-state index in [9.17, 15) is 9.90 Å². The number of aromatic hydroxyl groups is 1. The van der Waals surface area contributed by atoms with Crippen LogP contribution in [-0.2, 0) is 11.3 Å². The Hall–Kier alpha value is -2.82. The van der Waals surface area contributed by atoms with Crippen molar-refractivity contribution >= 4 is 16.9 Å². The molecule has 1 amide bonds. The van der Waals surface area contributed by atoms with Gasteiger partial charge in [0.2, 0.25) is 5.91 Å². The normalized spacial score (nSPS) is 12.3. The maximum absolute atomic E-state index is 12.3. The second kappa shape index (κ2) is 6.12. The second-order valence-electron chi connectivity index (χ2n) is 5.70. The molecule has 2 aromatic carbocycles. The van der Waals surface area contributed by atoms with Gasteiger partial charge in [0, 0.05) is 6.54 Å². The zero-order chi connectivity index (χ0) is 16.4. The summed E-state index contributed by atoms with van der Waals surface area (Å²) < 4.78 is 0.